The van der Waals surface area contributed by atoms with Crippen LogP contribution in [0.25, 0.3) is 0 Å². The summed E-state index contributed by atoms with van der Waals surface area (Å²) in [4.78, 5) is 11.7. The average Bonchev–Trinajstić information content (AvgIpc) is 2.29. The molecular formula is C12H16BrNO2. The van der Waals surface area contributed by atoms with Gasteiger partial charge in [-0.2, -0.15) is 0 Å². The zero-order valence-electron chi connectivity index (χ0n) is 9.46. The summed E-state index contributed by atoms with van der Waals surface area (Å²) in [6.45, 7) is 4.40. The van der Waals surface area contributed by atoms with Crippen molar-refractivity contribution in [3.05, 3.63) is 33.8 Å². The fourth-order valence-electron chi connectivity index (χ4n) is 1.22. The van der Waals surface area contributed by atoms with Gasteiger partial charge in [0.15, 0.2) is 0 Å². The van der Waals surface area contributed by atoms with Gasteiger partial charge in [-0.05, 0) is 36.6 Å². The molecule has 0 fully saturated rings. The molecule has 0 aliphatic carbocycles. The monoisotopic (exact) mass is 285 g/mol. The SMILES string of the molecule is Cc1cc(C(=O)NCC(C)CO)ccc1Br. The fraction of sp³-hybridized carbons (Fsp3) is 0.417. The second kappa shape index (κ2) is 6.01. The highest BCUT2D eigenvalue weighted by molar-refractivity contribution is 9.10. The number of benzene rings is 1. The lowest BCUT2D eigenvalue weighted by Gasteiger charge is -2.10. The smallest absolute Gasteiger partial charge is 0.251 e. The van der Waals surface area contributed by atoms with Crippen LogP contribution in [0.3, 0.4) is 0 Å². The second-order valence-electron chi connectivity index (χ2n) is 3.96. The molecule has 88 valence electrons. The maximum atomic E-state index is 11.7. The van der Waals surface area contributed by atoms with Crippen molar-refractivity contribution in [2.45, 2.75) is 13.8 Å². The minimum absolute atomic E-state index is 0.0830. The lowest BCUT2D eigenvalue weighted by Crippen LogP contribution is -2.29. The van der Waals surface area contributed by atoms with Crippen molar-refractivity contribution in [1.82, 2.24) is 5.32 Å². The largest absolute Gasteiger partial charge is 0.396 e. The molecule has 0 aliphatic rings. The molecule has 2 N–H and O–H groups in total. The summed E-state index contributed by atoms with van der Waals surface area (Å²) in [5, 5.41) is 11.6. The maximum absolute atomic E-state index is 11.7. The number of carbonyl (C=O) groups is 1. The highest BCUT2D eigenvalue weighted by Crippen LogP contribution is 2.16. The minimum Gasteiger partial charge on any atom is -0.396 e. The molecule has 0 heterocycles. The van der Waals surface area contributed by atoms with E-state index >= 15 is 0 Å². The molecule has 0 saturated heterocycles. The van der Waals surface area contributed by atoms with Crippen LogP contribution in [0.15, 0.2) is 22.7 Å². The van der Waals surface area contributed by atoms with Crippen LogP contribution in [-0.2, 0) is 0 Å². The number of nitrogens with one attached hydrogen (secondary N) is 1. The number of aryl methyl sites for hydroxylation is 1. The van der Waals surface area contributed by atoms with Gasteiger partial charge in [0, 0.05) is 23.2 Å². The average molecular weight is 286 g/mol. The Kier molecular flexibility index (Phi) is 4.96. The molecule has 0 radical (unpaired) electrons. The van der Waals surface area contributed by atoms with E-state index in [1.807, 2.05) is 26.0 Å². The van der Waals surface area contributed by atoms with E-state index in [0.29, 0.717) is 12.1 Å². The Balaban J connectivity index is 2.63. The Morgan fingerprint density at radius 2 is 2.25 bits per heavy atom. The lowest BCUT2D eigenvalue weighted by atomic mass is 10.1. The number of aliphatic hydroxyl groups excluding tert-OH is 1. The van der Waals surface area contributed by atoms with Gasteiger partial charge in [-0.25, -0.2) is 0 Å². The molecule has 0 aliphatic heterocycles. The zero-order valence-corrected chi connectivity index (χ0v) is 11.0. The van der Waals surface area contributed by atoms with Crippen molar-refractivity contribution in [1.29, 1.82) is 0 Å². The van der Waals surface area contributed by atoms with Crippen molar-refractivity contribution in [3.63, 3.8) is 0 Å². The molecule has 1 unspecified atom stereocenters. The van der Waals surface area contributed by atoms with Gasteiger partial charge in [0.25, 0.3) is 5.91 Å². The van der Waals surface area contributed by atoms with Crippen LogP contribution >= 0.6 is 15.9 Å². The van der Waals surface area contributed by atoms with Crippen LogP contribution in [0.1, 0.15) is 22.8 Å². The molecule has 0 bridgehead atoms. The molecule has 4 heteroatoms. The summed E-state index contributed by atoms with van der Waals surface area (Å²) in [7, 11) is 0. The summed E-state index contributed by atoms with van der Waals surface area (Å²) >= 11 is 3.39. The van der Waals surface area contributed by atoms with Crippen LogP contribution in [0, 0.1) is 12.8 Å². The first-order valence-electron chi connectivity index (χ1n) is 5.19. The Morgan fingerprint density at radius 3 is 2.81 bits per heavy atom. The van der Waals surface area contributed by atoms with Crippen molar-refractivity contribution in [3.8, 4) is 0 Å². The predicted molar refractivity (Wildman–Crippen MR) is 67.5 cm³/mol. The third-order valence-electron chi connectivity index (χ3n) is 2.34. The molecule has 1 aromatic carbocycles. The van der Waals surface area contributed by atoms with Crippen LogP contribution < -0.4 is 5.32 Å². The Morgan fingerprint density at radius 1 is 1.56 bits per heavy atom. The van der Waals surface area contributed by atoms with Gasteiger partial charge < -0.3 is 10.4 Å². The van der Waals surface area contributed by atoms with Gasteiger partial charge in [0.1, 0.15) is 0 Å². The van der Waals surface area contributed by atoms with Crippen molar-refractivity contribution >= 4 is 21.8 Å². The molecule has 16 heavy (non-hydrogen) atoms. The molecule has 1 rings (SSSR count). The zero-order chi connectivity index (χ0) is 12.1. The van der Waals surface area contributed by atoms with Gasteiger partial charge in [-0.3, -0.25) is 4.79 Å². The number of amides is 1. The van der Waals surface area contributed by atoms with Crippen LogP contribution in [0.5, 0.6) is 0 Å². The first kappa shape index (κ1) is 13.2. The summed E-state index contributed by atoms with van der Waals surface area (Å²) in [5.41, 5.74) is 1.67. The molecule has 1 aromatic rings. The Labute approximate surface area is 104 Å². The molecule has 1 atom stereocenters. The lowest BCUT2D eigenvalue weighted by molar-refractivity contribution is 0.0942. The van der Waals surface area contributed by atoms with E-state index in [1.54, 1.807) is 6.07 Å². The molecule has 3 nitrogen and oxygen atoms in total. The maximum Gasteiger partial charge on any atom is 0.251 e. The number of carbonyl (C=O) groups excluding carboxylic acids is 1. The Hall–Kier alpha value is -0.870. The van der Waals surface area contributed by atoms with Crippen molar-refractivity contribution < 1.29 is 9.90 Å². The summed E-state index contributed by atoms with van der Waals surface area (Å²) in [6, 6.07) is 5.47. The van der Waals surface area contributed by atoms with Crippen LogP contribution in [-0.4, -0.2) is 24.2 Å². The minimum atomic E-state index is -0.101. The second-order valence-corrected chi connectivity index (χ2v) is 4.82. The highest BCUT2D eigenvalue weighted by Gasteiger charge is 2.08. The summed E-state index contributed by atoms with van der Waals surface area (Å²) in [6.07, 6.45) is 0. The normalized spacial score (nSPS) is 12.2. The van der Waals surface area contributed by atoms with Crippen molar-refractivity contribution in [2.24, 2.45) is 5.92 Å². The molecule has 0 spiro atoms. The van der Waals surface area contributed by atoms with Crippen molar-refractivity contribution in [2.75, 3.05) is 13.2 Å². The molecule has 0 saturated carbocycles. The standard InChI is InChI=1S/C12H16BrNO2/c1-8(7-15)6-14-12(16)10-3-4-11(13)9(2)5-10/h3-5,8,15H,6-7H2,1-2H3,(H,14,16). The topological polar surface area (TPSA) is 49.3 Å². The Bertz CT molecular complexity index is 379. The van der Waals surface area contributed by atoms with Gasteiger partial charge in [0.2, 0.25) is 0 Å². The molecule has 1 amide bonds. The first-order chi connectivity index (χ1) is 7.54. The third-order valence-corrected chi connectivity index (χ3v) is 3.23. The third kappa shape index (κ3) is 3.61. The molecular weight excluding hydrogens is 270 g/mol. The van der Waals surface area contributed by atoms with E-state index in [-0.39, 0.29) is 18.4 Å². The fourth-order valence-corrected chi connectivity index (χ4v) is 1.47. The molecule has 0 aromatic heterocycles. The summed E-state index contributed by atoms with van der Waals surface area (Å²) < 4.78 is 0.993. The van der Waals surface area contributed by atoms with E-state index in [2.05, 4.69) is 21.2 Å². The first-order valence-corrected chi connectivity index (χ1v) is 5.99. The predicted octanol–water partition coefficient (Wildman–Crippen LogP) is 2.12. The number of rotatable bonds is 4. The van der Waals surface area contributed by atoms with Gasteiger partial charge in [-0.1, -0.05) is 22.9 Å². The number of halogens is 1. The number of hydrogen-bond acceptors (Lipinski definition) is 2. The van der Waals surface area contributed by atoms with Gasteiger partial charge in [0.05, 0.1) is 0 Å². The number of hydrogen-bond donors (Lipinski definition) is 2. The van der Waals surface area contributed by atoms with E-state index in [9.17, 15) is 4.79 Å². The van der Waals surface area contributed by atoms with Gasteiger partial charge in [-0.15, -0.1) is 0 Å². The quantitative estimate of drug-likeness (QED) is 0.890. The van der Waals surface area contributed by atoms with E-state index < -0.39 is 0 Å². The van der Waals surface area contributed by atoms with Crippen LogP contribution in [0.2, 0.25) is 0 Å². The van der Waals surface area contributed by atoms with Gasteiger partial charge >= 0.3 is 0 Å². The number of aliphatic hydroxyl groups is 1. The van der Waals surface area contributed by atoms with E-state index in [4.69, 9.17) is 5.11 Å². The summed E-state index contributed by atoms with van der Waals surface area (Å²) in [5.74, 6) is -0.0172. The highest BCUT2D eigenvalue weighted by atomic mass is 79.9. The van der Waals surface area contributed by atoms with E-state index in [1.165, 1.54) is 0 Å². The van der Waals surface area contributed by atoms with E-state index in [0.717, 1.165) is 10.0 Å². The van der Waals surface area contributed by atoms with Crippen LogP contribution in [0.4, 0.5) is 0 Å².